The number of aromatic nitrogens is 1. The minimum absolute atomic E-state index is 0.203. The third-order valence-electron chi connectivity index (χ3n) is 6.71. The molecule has 3 heterocycles. The van der Waals surface area contributed by atoms with Crippen LogP contribution in [0.25, 0.3) is 0 Å². The van der Waals surface area contributed by atoms with E-state index in [1.807, 2.05) is 6.07 Å². The van der Waals surface area contributed by atoms with Crippen LogP contribution in [0, 0.1) is 17.8 Å². The summed E-state index contributed by atoms with van der Waals surface area (Å²) >= 11 is 6.49. The Morgan fingerprint density at radius 1 is 1.09 bits per heavy atom. The largest absolute Gasteiger partial charge is 0.490 e. The van der Waals surface area contributed by atoms with E-state index in [-0.39, 0.29) is 6.10 Å². The molecule has 0 spiro atoms. The van der Waals surface area contributed by atoms with E-state index in [4.69, 9.17) is 21.1 Å². The summed E-state index contributed by atoms with van der Waals surface area (Å²) in [4.78, 5) is 9.05. The molecule has 0 N–H and O–H groups in total. The van der Waals surface area contributed by atoms with E-state index < -0.39 is 0 Å². The number of benzene rings is 1. The Morgan fingerprint density at radius 3 is 2.50 bits per heavy atom. The predicted octanol–water partition coefficient (Wildman–Crippen LogP) is 5.91. The van der Waals surface area contributed by atoms with Crippen LogP contribution in [0.1, 0.15) is 40.0 Å². The maximum Gasteiger partial charge on any atom is 0.215 e. The number of piperidine rings is 1. The molecule has 174 valence electrons. The van der Waals surface area contributed by atoms with E-state index in [0.717, 1.165) is 56.4 Å². The van der Waals surface area contributed by atoms with Crippen molar-refractivity contribution >= 4 is 23.0 Å². The van der Waals surface area contributed by atoms with E-state index in [9.17, 15) is 0 Å². The van der Waals surface area contributed by atoms with Crippen molar-refractivity contribution < 1.29 is 9.47 Å². The standard InChI is InChI=1S/C26H36ClN3O2/c1-18(2)13-20-17-30(24-14-26(31-4)28-15-23(24)27)12-10-25(20)32-22-7-5-21(6-8-22)29-11-9-19(3)16-29/h5-8,14-15,18-20,25H,9-13,16-17H2,1-4H3. The van der Waals surface area contributed by atoms with Crippen LogP contribution in [-0.2, 0) is 0 Å². The summed E-state index contributed by atoms with van der Waals surface area (Å²) in [5, 5.41) is 0.667. The normalized spacial score (nSPS) is 23.6. The van der Waals surface area contributed by atoms with Crippen LogP contribution in [0.2, 0.25) is 5.02 Å². The van der Waals surface area contributed by atoms with Crippen LogP contribution in [0.15, 0.2) is 36.5 Å². The van der Waals surface area contributed by atoms with Crippen LogP contribution in [0.5, 0.6) is 11.6 Å². The van der Waals surface area contributed by atoms with Gasteiger partial charge in [0.1, 0.15) is 11.9 Å². The zero-order valence-corrected chi connectivity index (χ0v) is 20.5. The number of methoxy groups -OCH3 is 1. The van der Waals surface area contributed by atoms with Crippen molar-refractivity contribution in [2.75, 3.05) is 43.1 Å². The van der Waals surface area contributed by atoms with E-state index in [1.54, 1.807) is 13.3 Å². The van der Waals surface area contributed by atoms with Gasteiger partial charge in [-0.3, -0.25) is 0 Å². The van der Waals surface area contributed by atoms with E-state index in [1.165, 1.54) is 12.1 Å². The van der Waals surface area contributed by atoms with Gasteiger partial charge in [0.25, 0.3) is 0 Å². The van der Waals surface area contributed by atoms with Gasteiger partial charge in [0.05, 0.1) is 24.0 Å². The van der Waals surface area contributed by atoms with Gasteiger partial charge in [-0.2, -0.15) is 0 Å². The summed E-state index contributed by atoms with van der Waals surface area (Å²) in [5.41, 5.74) is 2.30. The van der Waals surface area contributed by atoms with Crippen molar-refractivity contribution in [3.63, 3.8) is 0 Å². The lowest BCUT2D eigenvalue weighted by atomic mass is 9.87. The van der Waals surface area contributed by atoms with Crippen molar-refractivity contribution in [2.45, 2.75) is 46.1 Å². The number of halogens is 1. The van der Waals surface area contributed by atoms with Crippen LogP contribution < -0.4 is 19.3 Å². The fraction of sp³-hybridized carbons (Fsp3) is 0.577. The maximum absolute atomic E-state index is 6.55. The molecule has 0 radical (unpaired) electrons. The molecule has 1 aromatic heterocycles. The Bertz CT molecular complexity index is 889. The average molecular weight is 458 g/mol. The zero-order valence-electron chi connectivity index (χ0n) is 19.8. The topological polar surface area (TPSA) is 37.8 Å². The second kappa shape index (κ2) is 10.2. The summed E-state index contributed by atoms with van der Waals surface area (Å²) in [6.07, 6.45) is 5.24. The van der Waals surface area contributed by atoms with Crippen LogP contribution in [0.3, 0.4) is 0 Å². The third-order valence-corrected chi connectivity index (χ3v) is 7.00. The van der Waals surface area contributed by atoms with Crippen molar-refractivity contribution in [3.05, 3.63) is 41.6 Å². The molecule has 1 aromatic carbocycles. The summed E-state index contributed by atoms with van der Waals surface area (Å²) in [7, 11) is 1.64. The third kappa shape index (κ3) is 5.43. The molecule has 2 aliphatic rings. The van der Waals surface area contributed by atoms with Gasteiger partial charge in [-0.1, -0.05) is 32.4 Å². The van der Waals surface area contributed by atoms with Gasteiger partial charge in [0.15, 0.2) is 0 Å². The lowest BCUT2D eigenvalue weighted by Gasteiger charge is -2.40. The molecule has 2 fully saturated rings. The van der Waals surface area contributed by atoms with Crippen LogP contribution >= 0.6 is 11.6 Å². The first-order valence-corrected chi connectivity index (χ1v) is 12.3. The first-order chi connectivity index (χ1) is 15.4. The first-order valence-electron chi connectivity index (χ1n) is 11.9. The average Bonchev–Trinajstić information content (AvgIpc) is 3.22. The number of ether oxygens (including phenoxy) is 2. The lowest BCUT2D eigenvalue weighted by molar-refractivity contribution is 0.0991. The highest BCUT2D eigenvalue weighted by molar-refractivity contribution is 6.33. The number of rotatable bonds is 7. The number of anilines is 2. The molecular formula is C26H36ClN3O2. The van der Waals surface area contributed by atoms with Gasteiger partial charge in [-0.15, -0.1) is 0 Å². The van der Waals surface area contributed by atoms with Crippen molar-refractivity contribution in [3.8, 4) is 11.6 Å². The smallest absolute Gasteiger partial charge is 0.215 e. The summed E-state index contributed by atoms with van der Waals surface area (Å²) in [5.74, 6) is 3.38. The summed E-state index contributed by atoms with van der Waals surface area (Å²) < 4.78 is 11.9. The Labute approximate surface area is 197 Å². The quantitative estimate of drug-likeness (QED) is 0.516. The predicted molar refractivity (Wildman–Crippen MR) is 132 cm³/mol. The zero-order chi connectivity index (χ0) is 22.7. The molecule has 6 heteroatoms. The van der Waals surface area contributed by atoms with E-state index in [2.05, 4.69) is 59.8 Å². The number of pyridine rings is 1. The van der Waals surface area contributed by atoms with Crippen molar-refractivity contribution in [1.29, 1.82) is 0 Å². The molecule has 5 nitrogen and oxygen atoms in total. The molecular weight excluding hydrogens is 422 g/mol. The van der Waals surface area contributed by atoms with Crippen molar-refractivity contribution in [1.82, 2.24) is 4.98 Å². The second-order valence-corrected chi connectivity index (χ2v) is 10.2. The highest BCUT2D eigenvalue weighted by Crippen LogP contribution is 2.35. The summed E-state index contributed by atoms with van der Waals surface area (Å²) in [6, 6.07) is 10.6. The molecule has 3 unspecified atom stereocenters. The fourth-order valence-corrected chi connectivity index (χ4v) is 5.28. The molecule has 3 atom stereocenters. The lowest BCUT2D eigenvalue weighted by Crippen LogP contribution is -2.46. The molecule has 2 aromatic rings. The first kappa shape index (κ1) is 23.0. The van der Waals surface area contributed by atoms with Gasteiger partial charge in [-0.05, 0) is 48.9 Å². The second-order valence-electron chi connectivity index (χ2n) is 9.79. The highest BCUT2D eigenvalue weighted by atomic mass is 35.5. The molecule has 0 amide bonds. The Balaban J connectivity index is 1.45. The Kier molecular flexibility index (Phi) is 7.34. The van der Waals surface area contributed by atoms with Crippen LogP contribution in [0.4, 0.5) is 11.4 Å². The fourth-order valence-electron chi connectivity index (χ4n) is 5.06. The van der Waals surface area contributed by atoms with Crippen LogP contribution in [-0.4, -0.2) is 44.4 Å². The van der Waals surface area contributed by atoms with Gasteiger partial charge in [0, 0.05) is 50.3 Å². The molecule has 4 rings (SSSR count). The SMILES string of the molecule is COc1cc(N2CCC(Oc3ccc(N4CCC(C)C4)cc3)C(CC(C)C)C2)c(Cl)cn1. The maximum atomic E-state index is 6.55. The van der Waals surface area contributed by atoms with E-state index in [0.29, 0.717) is 22.7 Å². The van der Waals surface area contributed by atoms with Gasteiger partial charge >= 0.3 is 0 Å². The Hall–Kier alpha value is -2.14. The van der Waals surface area contributed by atoms with Gasteiger partial charge < -0.3 is 19.3 Å². The van der Waals surface area contributed by atoms with Gasteiger partial charge in [-0.25, -0.2) is 4.98 Å². The molecule has 2 aliphatic heterocycles. The Morgan fingerprint density at radius 2 is 1.84 bits per heavy atom. The minimum Gasteiger partial charge on any atom is -0.490 e. The summed E-state index contributed by atoms with van der Waals surface area (Å²) in [6.45, 7) is 11.0. The molecule has 0 bridgehead atoms. The molecule has 0 saturated carbocycles. The van der Waals surface area contributed by atoms with Crippen molar-refractivity contribution in [2.24, 2.45) is 17.8 Å². The molecule has 0 aliphatic carbocycles. The molecule has 2 saturated heterocycles. The number of hydrogen-bond donors (Lipinski definition) is 0. The monoisotopic (exact) mass is 457 g/mol. The number of nitrogens with zero attached hydrogens (tertiary/aromatic N) is 3. The van der Waals surface area contributed by atoms with Gasteiger partial charge in [0.2, 0.25) is 5.88 Å². The minimum atomic E-state index is 0.203. The highest BCUT2D eigenvalue weighted by Gasteiger charge is 2.32. The number of hydrogen-bond acceptors (Lipinski definition) is 5. The molecule has 32 heavy (non-hydrogen) atoms. The van der Waals surface area contributed by atoms with E-state index >= 15 is 0 Å².